The molecule has 0 heterocycles. The fourth-order valence-corrected chi connectivity index (χ4v) is 2.63. The van der Waals surface area contributed by atoms with Crippen molar-refractivity contribution in [3.8, 4) is 0 Å². The predicted molar refractivity (Wildman–Crippen MR) is 73.4 cm³/mol. The number of nitrogens with one attached hydrogen (secondary N) is 1. The van der Waals surface area contributed by atoms with E-state index in [1.165, 1.54) is 19.3 Å². The Hall–Kier alpha value is -0.610. The number of aliphatic hydroxyl groups excluding tert-OH is 1. The number of carbonyl (C=O) groups is 1. The van der Waals surface area contributed by atoms with Gasteiger partial charge in [-0.3, -0.25) is 9.69 Å². The summed E-state index contributed by atoms with van der Waals surface area (Å²) < 4.78 is 0. The molecular weight excluding hydrogens is 228 g/mol. The molecule has 2 unspecified atom stereocenters. The van der Waals surface area contributed by atoms with Gasteiger partial charge >= 0.3 is 0 Å². The Labute approximate surface area is 111 Å². The van der Waals surface area contributed by atoms with Gasteiger partial charge in [-0.25, -0.2) is 0 Å². The average Bonchev–Trinajstić information content (AvgIpc) is 2.37. The Morgan fingerprint density at radius 2 is 2.11 bits per heavy atom. The van der Waals surface area contributed by atoms with Gasteiger partial charge in [0.15, 0.2) is 0 Å². The van der Waals surface area contributed by atoms with Gasteiger partial charge in [-0.15, -0.1) is 0 Å². The fourth-order valence-electron chi connectivity index (χ4n) is 2.63. The van der Waals surface area contributed by atoms with Crippen molar-refractivity contribution in [3.63, 3.8) is 0 Å². The highest BCUT2D eigenvalue weighted by atomic mass is 16.3. The minimum absolute atomic E-state index is 0.133. The molecule has 4 heteroatoms. The van der Waals surface area contributed by atoms with E-state index in [1.807, 2.05) is 6.92 Å². The first-order valence-electron chi connectivity index (χ1n) is 7.30. The first-order valence-corrected chi connectivity index (χ1v) is 7.30. The molecule has 1 aliphatic rings. The molecule has 2 N–H and O–H groups in total. The zero-order chi connectivity index (χ0) is 13.4. The number of likely N-dealkylation sites (N-methyl/N-ethyl adjacent to an activating group) is 1. The summed E-state index contributed by atoms with van der Waals surface area (Å²) in [6.07, 6.45) is 5.62. The van der Waals surface area contributed by atoms with Crippen LogP contribution in [0.3, 0.4) is 0 Å². The minimum Gasteiger partial charge on any atom is -0.396 e. The van der Waals surface area contributed by atoms with E-state index in [1.54, 1.807) is 0 Å². The van der Waals surface area contributed by atoms with Crippen LogP contribution in [0.5, 0.6) is 0 Å². The van der Waals surface area contributed by atoms with E-state index in [4.69, 9.17) is 5.11 Å². The summed E-state index contributed by atoms with van der Waals surface area (Å²) in [7, 11) is 0. The van der Waals surface area contributed by atoms with Crippen LogP contribution in [-0.2, 0) is 4.79 Å². The summed E-state index contributed by atoms with van der Waals surface area (Å²) in [5.41, 5.74) is 0. The van der Waals surface area contributed by atoms with Crippen LogP contribution < -0.4 is 5.32 Å². The zero-order valence-electron chi connectivity index (χ0n) is 11.8. The number of aliphatic hydroxyl groups is 1. The normalized spacial score (nSPS) is 24.2. The van der Waals surface area contributed by atoms with Crippen LogP contribution in [0.15, 0.2) is 0 Å². The van der Waals surface area contributed by atoms with Gasteiger partial charge in [-0.1, -0.05) is 26.7 Å². The first-order chi connectivity index (χ1) is 8.67. The van der Waals surface area contributed by atoms with Gasteiger partial charge in [-0.2, -0.15) is 0 Å². The average molecular weight is 256 g/mol. The molecule has 18 heavy (non-hydrogen) atoms. The largest absolute Gasteiger partial charge is 0.396 e. The summed E-state index contributed by atoms with van der Waals surface area (Å²) >= 11 is 0. The van der Waals surface area contributed by atoms with Crippen LogP contribution >= 0.6 is 0 Å². The second-order valence-electron chi connectivity index (χ2n) is 5.38. The second-order valence-corrected chi connectivity index (χ2v) is 5.38. The topological polar surface area (TPSA) is 52.6 Å². The highest BCUT2D eigenvalue weighted by molar-refractivity contribution is 5.78. The molecule has 1 amide bonds. The molecule has 0 aromatic heterocycles. The maximum absolute atomic E-state index is 12.0. The Morgan fingerprint density at radius 3 is 2.72 bits per heavy atom. The molecule has 1 aliphatic carbocycles. The van der Waals surface area contributed by atoms with Crippen LogP contribution in [0.2, 0.25) is 0 Å². The highest BCUT2D eigenvalue weighted by Crippen LogP contribution is 2.23. The molecule has 0 spiro atoms. The third-order valence-corrected chi connectivity index (χ3v) is 3.90. The van der Waals surface area contributed by atoms with Crippen molar-refractivity contribution in [3.05, 3.63) is 0 Å². The number of amides is 1. The van der Waals surface area contributed by atoms with Crippen LogP contribution in [0.1, 0.15) is 46.0 Å². The lowest BCUT2D eigenvalue weighted by molar-refractivity contribution is -0.123. The predicted octanol–water partition coefficient (Wildman–Crippen LogP) is 1.39. The van der Waals surface area contributed by atoms with Crippen molar-refractivity contribution in [2.45, 2.75) is 52.0 Å². The van der Waals surface area contributed by atoms with Crippen LogP contribution in [0, 0.1) is 5.92 Å². The lowest BCUT2D eigenvalue weighted by Gasteiger charge is -2.30. The molecule has 0 saturated heterocycles. The molecule has 1 fully saturated rings. The van der Waals surface area contributed by atoms with Gasteiger partial charge in [0.2, 0.25) is 5.91 Å². The molecule has 106 valence electrons. The first kappa shape index (κ1) is 15.4. The van der Waals surface area contributed by atoms with Crippen molar-refractivity contribution >= 4 is 5.91 Å². The third kappa shape index (κ3) is 5.36. The SMILES string of the molecule is CCN(CCCO)CC(=O)NC1CCCCC1C. The Bertz CT molecular complexity index is 246. The highest BCUT2D eigenvalue weighted by Gasteiger charge is 2.23. The van der Waals surface area contributed by atoms with Gasteiger partial charge in [0.1, 0.15) is 0 Å². The Balaban J connectivity index is 2.30. The lowest BCUT2D eigenvalue weighted by Crippen LogP contribution is -2.45. The number of rotatable bonds is 7. The van der Waals surface area contributed by atoms with Gasteiger partial charge < -0.3 is 10.4 Å². The molecule has 0 bridgehead atoms. The van der Waals surface area contributed by atoms with Crippen molar-refractivity contribution in [1.82, 2.24) is 10.2 Å². The summed E-state index contributed by atoms with van der Waals surface area (Å²) in [6.45, 7) is 6.58. The lowest BCUT2D eigenvalue weighted by atomic mass is 9.86. The zero-order valence-corrected chi connectivity index (χ0v) is 11.8. The van der Waals surface area contributed by atoms with E-state index in [0.717, 1.165) is 25.9 Å². The minimum atomic E-state index is 0.133. The summed E-state index contributed by atoms with van der Waals surface area (Å²) in [5.74, 6) is 0.740. The van der Waals surface area contributed by atoms with E-state index < -0.39 is 0 Å². The maximum atomic E-state index is 12.0. The molecule has 1 saturated carbocycles. The van der Waals surface area contributed by atoms with Crippen LogP contribution in [0.25, 0.3) is 0 Å². The molecule has 0 aliphatic heterocycles. The van der Waals surface area contributed by atoms with E-state index in [2.05, 4.69) is 17.1 Å². The number of hydrogen-bond acceptors (Lipinski definition) is 3. The van der Waals surface area contributed by atoms with Crippen molar-refractivity contribution in [2.24, 2.45) is 5.92 Å². The quantitative estimate of drug-likeness (QED) is 0.723. The van der Waals surface area contributed by atoms with Crippen LogP contribution in [-0.4, -0.2) is 48.2 Å². The molecule has 0 aromatic carbocycles. The number of nitrogens with zero attached hydrogens (tertiary/aromatic N) is 1. The van der Waals surface area contributed by atoms with Gasteiger partial charge in [0.25, 0.3) is 0 Å². The van der Waals surface area contributed by atoms with Crippen molar-refractivity contribution in [2.75, 3.05) is 26.2 Å². The second kappa shape index (κ2) is 8.48. The van der Waals surface area contributed by atoms with E-state index in [0.29, 0.717) is 18.5 Å². The van der Waals surface area contributed by atoms with Crippen molar-refractivity contribution < 1.29 is 9.90 Å². The molecule has 0 aromatic rings. The maximum Gasteiger partial charge on any atom is 0.234 e. The molecule has 1 rings (SSSR count). The summed E-state index contributed by atoms with van der Waals surface area (Å²) in [6, 6.07) is 0.364. The monoisotopic (exact) mass is 256 g/mol. The van der Waals surface area contributed by atoms with E-state index >= 15 is 0 Å². The molecule has 4 nitrogen and oxygen atoms in total. The smallest absolute Gasteiger partial charge is 0.234 e. The number of hydrogen-bond donors (Lipinski definition) is 2. The third-order valence-electron chi connectivity index (χ3n) is 3.90. The van der Waals surface area contributed by atoms with Gasteiger partial charge in [-0.05, 0) is 31.7 Å². The summed E-state index contributed by atoms with van der Waals surface area (Å²) in [4.78, 5) is 14.1. The molecule has 0 radical (unpaired) electrons. The Morgan fingerprint density at radius 1 is 1.39 bits per heavy atom. The van der Waals surface area contributed by atoms with Crippen molar-refractivity contribution in [1.29, 1.82) is 0 Å². The van der Waals surface area contributed by atoms with E-state index in [-0.39, 0.29) is 12.5 Å². The summed E-state index contributed by atoms with van der Waals surface area (Å²) in [5, 5.41) is 12.0. The molecular formula is C14H28N2O2. The standard InChI is InChI=1S/C14H28N2O2/c1-3-16(9-6-10-17)11-14(18)15-13-8-5-4-7-12(13)2/h12-13,17H,3-11H2,1-2H3,(H,15,18). The van der Waals surface area contributed by atoms with Gasteiger partial charge in [0.05, 0.1) is 6.54 Å². The number of carbonyl (C=O) groups excluding carboxylic acids is 1. The van der Waals surface area contributed by atoms with Crippen LogP contribution in [0.4, 0.5) is 0 Å². The molecule has 2 atom stereocenters. The Kier molecular flexibility index (Phi) is 7.28. The van der Waals surface area contributed by atoms with E-state index in [9.17, 15) is 4.79 Å². The van der Waals surface area contributed by atoms with Gasteiger partial charge in [0, 0.05) is 19.2 Å². The fraction of sp³-hybridized carbons (Fsp3) is 0.929.